The van der Waals surface area contributed by atoms with E-state index < -0.39 is 76.7 Å². The first-order chi connectivity index (χ1) is 37.4. The van der Waals surface area contributed by atoms with Crippen LogP contribution < -0.4 is 26.8 Å². The number of fused-ring (bicyclic) bond motifs is 2. The zero-order chi connectivity index (χ0) is 59.0. The number of ether oxygens (including phenoxy) is 4. The average molecular weight is 1250 g/mol. The van der Waals surface area contributed by atoms with Crippen molar-refractivity contribution in [3.05, 3.63) is 104 Å². The second-order valence-corrected chi connectivity index (χ2v) is 30.2. The minimum atomic E-state index is -5.79. The highest BCUT2D eigenvalue weighted by atomic mass is 33.1. The van der Waals surface area contributed by atoms with Gasteiger partial charge in [-0.1, -0.05) is 87.9 Å². The minimum absolute atomic E-state index is 0.00189. The Morgan fingerprint density at radius 2 is 1.71 bits per heavy atom. The maximum absolute atomic E-state index is 13.7. The number of anilines is 2. The Bertz CT molecular complexity index is 3170. The second-order valence-electron chi connectivity index (χ2n) is 19.7. The number of phosphoric acid groups is 3. The Morgan fingerprint density at radius 3 is 2.39 bits per heavy atom. The summed E-state index contributed by atoms with van der Waals surface area (Å²) in [5.74, 6) is 4.64. The van der Waals surface area contributed by atoms with Gasteiger partial charge in [0.2, 0.25) is 0 Å². The third-order valence-corrected chi connectivity index (χ3v) is 21.5. The van der Waals surface area contributed by atoms with Crippen molar-refractivity contribution in [1.82, 2.24) is 14.9 Å². The van der Waals surface area contributed by atoms with Gasteiger partial charge < -0.3 is 60.0 Å². The van der Waals surface area contributed by atoms with Gasteiger partial charge in [-0.15, -0.1) is 0 Å². The Kier molecular flexibility index (Phi) is 22.5. The van der Waals surface area contributed by atoms with Crippen LogP contribution in [0.2, 0.25) is 0 Å². The summed E-state index contributed by atoms with van der Waals surface area (Å²) in [7, 11) is -11.2. The van der Waals surface area contributed by atoms with Gasteiger partial charge in [0.1, 0.15) is 48.1 Å². The number of aromatic carboxylic acids is 1. The third-order valence-electron chi connectivity index (χ3n) is 11.7. The molecule has 3 aromatic rings. The molecule has 1 amide bonds. The lowest BCUT2D eigenvalue weighted by atomic mass is 9.73. The molecule has 0 radical (unpaired) electrons. The maximum Gasteiger partial charge on any atom is 0.490 e. The Morgan fingerprint density at radius 1 is 0.988 bits per heavy atom. The van der Waals surface area contributed by atoms with Crippen LogP contribution in [-0.2, 0) is 41.1 Å². The molecular weight excluding hydrogens is 1180 g/mol. The average Bonchev–Trinajstić information content (AvgIpc) is 3.86. The molecule has 0 bridgehead atoms. The van der Waals surface area contributed by atoms with Crippen LogP contribution in [0.15, 0.2) is 69.8 Å². The number of aliphatic imine (C=N–C) groups is 1. The number of nitrogen functional groups attached to an aromatic ring is 1. The molecule has 1 aliphatic carbocycles. The molecule has 24 nitrogen and oxygen atoms in total. The first kappa shape index (κ1) is 65.2. The molecule has 7 atom stereocenters. The van der Waals surface area contributed by atoms with E-state index >= 15 is 0 Å². The van der Waals surface area contributed by atoms with Crippen molar-refractivity contribution in [2.45, 2.75) is 103 Å². The summed E-state index contributed by atoms with van der Waals surface area (Å²) in [6.45, 7) is 18.4. The van der Waals surface area contributed by atoms with Gasteiger partial charge in [-0.05, 0) is 76.4 Å². The Hall–Kier alpha value is -3.94. The van der Waals surface area contributed by atoms with Crippen LogP contribution in [0.5, 0.6) is 5.75 Å². The molecule has 3 aliphatic rings. The molecule has 2 aliphatic heterocycles. The third kappa shape index (κ3) is 18.5. The number of carboxylic acid groups (broad SMARTS) is 1. The zero-order valence-corrected chi connectivity index (χ0v) is 51.0. The fourth-order valence-corrected chi connectivity index (χ4v) is 15.5. The lowest BCUT2D eigenvalue weighted by molar-refractivity contribution is -0.0543. The number of carboxylic acids is 1. The summed E-state index contributed by atoms with van der Waals surface area (Å²) >= 11 is 0. The van der Waals surface area contributed by atoms with Gasteiger partial charge in [-0.2, -0.15) is 13.6 Å². The molecule has 1 saturated heterocycles. The molecule has 438 valence electrons. The molecule has 9 N–H and O–H groups in total. The Labute approximate surface area is 478 Å². The fraction of sp³-hybridized carbons (Fsp3) is 0.490. The largest absolute Gasteiger partial charge is 0.490 e. The van der Waals surface area contributed by atoms with Crippen molar-refractivity contribution < 1.29 is 80.1 Å². The molecule has 31 heteroatoms. The lowest BCUT2D eigenvalue weighted by Crippen LogP contribution is -2.36. The number of amides is 1. The number of carbonyl (C=O) groups is 2. The molecular formula is C49H65N6O18P3S4. The highest BCUT2D eigenvalue weighted by Gasteiger charge is 2.44. The summed E-state index contributed by atoms with van der Waals surface area (Å²) in [5.41, 5.74) is 10.6. The highest BCUT2D eigenvalue weighted by molar-refractivity contribution is 8.77. The van der Waals surface area contributed by atoms with Gasteiger partial charge in [0.05, 0.1) is 29.5 Å². The van der Waals surface area contributed by atoms with Gasteiger partial charge >= 0.3 is 35.1 Å². The van der Waals surface area contributed by atoms with Crippen LogP contribution in [0.4, 0.5) is 11.5 Å². The summed E-state index contributed by atoms with van der Waals surface area (Å²) in [5, 5.41) is 17.0. The quantitative estimate of drug-likeness (QED) is 0.0129. The summed E-state index contributed by atoms with van der Waals surface area (Å²) in [4.78, 5) is 85.7. The first-order valence-corrected chi connectivity index (χ1v) is 33.8. The molecule has 0 spiro atoms. The molecule has 1 aromatic heterocycles. The number of carbonyl (C=O) groups excluding carboxylic acids is 1. The predicted octanol–water partition coefficient (Wildman–Crippen LogP) is 8.78. The van der Waals surface area contributed by atoms with Crippen molar-refractivity contribution in [2.24, 2.45) is 10.9 Å². The van der Waals surface area contributed by atoms with E-state index in [4.69, 9.17) is 39.0 Å². The molecule has 3 heterocycles. The van der Waals surface area contributed by atoms with Crippen LogP contribution in [0.1, 0.15) is 117 Å². The summed E-state index contributed by atoms with van der Waals surface area (Å²) in [6.07, 6.45) is 2.06. The molecule has 6 rings (SSSR count). The number of nitrogens with one attached hydrogen (secondary N) is 2. The topological polar surface area (TPSA) is 348 Å². The Balaban J connectivity index is 1.05. The van der Waals surface area contributed by atoms with Crippen molar-refractivity contribution in [2.75, 3.05) is 55.8 Å². The number of hydrogen-bond acceptors (Lipinski definition) is 21. The van der Waals surface area contributed by atoms with E-state index in [1.54, 1.807) is 12.1 Å². The number of nitrogens with zero attached hydrogens (tertiary/aromatic N) is 3. The van der Waals surface area contributed by atoms with E-state index in [-0.39, 0.29) is 64.6 Å². The van der Waals surface area contributed by atoms with Crippen LogP contribution in [0.3, 0.4) is 0 Å². The number of hydrogen-bond donors (Lipinski definition) is 8. The van der Waals surface area contributed by atoms with Gasteiger partial charge in [-0.25, -0.2) is 23.3 Å². The number of aryl methyl sites for hydroxylation is 1. The summed E-state index contributed by atoms with van der Waals surface area (Å²) < 4.78 is 72.5. The van der Waals surface area contributed by atoms with E-state index in [0.717, 1.165) is 32.7 Å². The fourth-order valence-electron chi connectivity index (χ4n) is 8.37. The normalized spacial score (nSPS) is 21.2. The minimum Gasteiger partial charge on any atom is -0.478 e. The maximum atomic E-state index is 13.7. The smallest absolute Gasteiger partial charge is 0.478 e. The van der Waals surface area contributed by atoms with Crippen molar-refractivity contribution >= 4 is 95.7 Å². The van der Waals surface area contributed by atoms with Crippen LogP contribution in [0, 0.1) is 24.7 Å². The van der Waals surface area contributed by atoms with Crippen molar-refractivity contribution in [1.29, 1.82) is 0 Å². The van der Waals surface area contributed by atoms with E-state index in [2.05, 4.69) is 47.1 Å². The number of allylic oxidation sites excluding steroid dienone is 3. The predicted molar refractivity (Wildman–Crippen MR) is 310 cm³/mol. The van der Waals surface area contributed by atoms with Crippen molar-refractivity contribution in [3.63, 3.8) is 0 Å². The van der Waals surface area contributed by atoms with E-state index in [1.807, 2.05) is 80.5 Å². The molecule has 1 fully saturated rings. The van der Waals surface area contributed by atoms with Gasteiger partial charge in [0.25, 0.3) is 5.91 Å². The van der Waals surface area contributed by atoms with Crippen LogP contribution in [0.25, 0.3) is 0 Å². The number of phosphoric ester groups is 1. The molecule has 80 heavy (non-hydrogen) atoms. The second kappa shape index (κ2) is 27.6. The summed E-state index contributed by atoms with van der Waals surface area (Å²) in [6, 6.07) is 8.77. The van der Waals surface area contributed by atoms with Gasteiger partial charge in [0.15, 0.2) is 0 Å². The first-order valence-electron chi connectivity index (χ1n) is 24.7. The van der Waals surface area contributed by atoms with Crippen molar-refractivity contribution in [3.8, 4) is 17.6 Å². The monoisotopic (exact) mass is 1250 g/mol. The number of aromatic nitrogens is 2. The standard InChI is InChI=1S/C49H65N6O18P3S4/c1-10-51-36-20-38-34(17-28(36)3)43(35-18-29(4)37(52-11-2)21-39(35)70-38)32-15-14-30(19-33(32)46(57)58)45(56)53-25-49(8,9)80-77-26-67-16-12-13-31-23-55(47(59)54-44(31)50)42-22-40(68-27-78-79-48(5,6)7)41(71-42)24-69-75(63,64)73-76(65,66)72-74(60,61)62/h14-15,17-21,23,34,40-43,52H,10-11,16,22,24-27H2,1-9H3,(H,53,56)(H,57,58)(H,63,64)(H,65,66)(H2,50,54,59)(H2,60,61,62)/b51-36-/t34?,40?,41-,42-,43?/m1/s1. The lowest BCUT2D eigenvalue weighted by Gasteiger charge is -2.37. The van der Waals surface area contributed by atoms with E-state index in [0.29, 0.717) is 30.2 Å². The molecule has 0 saturated carbocycles. The zero-order valence-electron chi connectivity index (χ0n) is 45.1. The highest BCUT2D eigenvalue weighted by Crippen LogP contribution is 2.66. The SMILES string of the molecule is CC/N=C1/C=C2Oc3cc(NCC)c(C)cc3C(c3ccc(C(=O)NCC(C)(C)SSCOCC#Cc4cn([C@H]5CC(OCSSC(C)(C)C)[C@@H](COP(=O)(O)OP(=O)(O)OP(=O)(O)O)O5)c(=O)nc4N)cc3C(=O)O)C2C=C1C. The van der Waals surface area contributed by atoms with Crippen LogP contribution >= 0.6 is 66.6 Å². The number of rotatable bonds is 25. The van der Waals surface area contributed by atoms with Crippen LogP contribution in [-0.4, -0.2) is 118 Å². The van der Waals surface area contributed by atoms with Gasteiger partial charge in [-0.3, -0.25) is 18.9 Å². The number of benzene rings is 2. The molecule has 5 unspecified atom stereocenters. The van der Waals surface area contributed by atoms with Gasteiger partial charge in [0, 0.05) is 82.5 Å². The van der Waals surface area contributed by atoms with E-state index in [9.17, 15) is 43.0 Å². The molecule has 2 aromatic carbocycles. The number of nitrogens with two attached hydrogens (primary N) is 1. The van der Waals surface area contributed by atoms with E-state index in [1.165, 1.54) is 55.4 Å².